The van der Waals surface area contributed by atoms with Crippen LogP contribution in [0, 0.1) is 5.92 Å². The first-order valence-corrected chi connectivity index (χ1v) is 10.2. The van der Waals surface area contributed by atoms with Crippen molar-refractivity contribution in [3.8, 4) is 5.75 Å². The number of hydrogen-bond donors (Lipinski definition) is 2. The van der Waals surface area contributed by atoms with Crippen molar-refractivity contribution in [2.24, 2.45) is 5.92 Å². The largest absolute Gasteiger partial charge is 0.491 e. The van der Waals surface area contributed by atoms with E-state index in [9.17, 15) is 26.4 Å². The molecule has 2 rings (SSSR count). The summed E-state index contributed by atoms with van der Waals surface area (Å²) in [6.45, 7) is 3.69. The zero-order chi connectivity index (χ0) is 21.7. The molecule has 0 unspecified atom stereocenters. The van der Waals surface area contributed by atoms with Crippen molar-refractivity contribution in [3.63, 3.8) is 0 Å². The van der Waals surface area contributed by atoms with E-state index in [1.165, 1.54) is 0 Å². The third-order valence-electron chi connectivity index (χ3n) is 3.63. The molecule has 0 aromatic heterocycles. The third kappa shape index (κ3) is 6.75. The molecule has 2 aromatic carbocycles. The van der Waals surface area contributed by atoms with Crippen LogP contribution in [-0.2, 0) is 21.0 Å². The summed E-state index contributed by atoms with van der Waals surface area (Å²) in [5.74, 6) is -0.00513. The molecule has 0 aliphatic rings. The van der Waals surface area contributed by atoms with Crippen molar-refractivity contribution < 1.29 is 31.1 Å². The number of hydrogen-bond acceptors (Lipinski definition) is 4. The SMILES string of the molecule is CC(C)COc1ccccc1NC(=O)CNS(=O)(=O)c1cccc(C(F)(F)F)c1. The first-order valence-electron chi connectivity index (χ1n) is 8.67. The molecule has 29 heavy (non-hydrogen) atoms. The number of benzene rings is 2. The Morgan fingerprint density at radius 2 is 1.79 bits per heavy atom. The molecule has 0 atom stereocenters. The average molecular weight is 430 g/mol. The maximum absolute atomic E-state index is 12.8. The van der Waals surface area contributed by atoms with Gasteiger partial charge in [0.15, 0.2) is 0 Å². The number of sulfonamides is 1. The number of anilines is 1. The quantitative estimate of drug-likeness (QED) is 0.670. The number of amides is 1. The van der Waals surface area contributed by atoms with Gasteiger partial charge >= 0.3 is 6.18 Å². The van der Waals surface area contributed by atoms with E-state index in [-0.39, 0.29) is 5.92 Å². The van der Waals surface area contributed by atoms with Crippen molar-refractivity contribution in [1.29, 1.82) is 0 Å². The van der Waals surface area contributed by atoms with Crippen LogP contribution in [0.1, 0.15) is 19.4 Å². The predicted molar refractivity (Wildman–Crippen MR) is 102 cm³/mol. The van der Waals surface area contributed by atoms with Gasteiger partial charge in [-0.2, -0.15) is 13.2 Å². The van der Waals surface area contributed by atoms with E-state index >= 15 is 0 Å². The molecule has 0 aliphatic heterocycles. The Balaban J connectivity index is 2.04. The second-order valence-electron chi connectivity index (χ2n) is 6.60. The predicted octanol–water partition coefficient (Wildman–Crippen LogP) is 3.66. The second kappa shape index (κ2) is 9.27. The molecule has 6 nitrogen and oxygen atoms in total. The molecule has 0 bridgehead atoms. The van der Waals surface area contributed by atoms with Crippen LogP contribution in [0.25, 0.3) is 0 Å². The molecule has 10 heteroatoms. The number of carbonyl (C=O) groups is 1. The number of nitrogens with one attached hydrogen (secondary N) is 2. The molecule has 0 saturated carbocycles. The Morgan fingerprint density at radius 1 is 1.10 bits per heavy atom. The van der Waals surface area contributed by atoms with E-state index in [1.807, 2.05) is 18.6 Å². The van der Waals surface area contributed by atoms with Crippen LogP contribution in [0.5, 0.6) is 5.75 Å². The Morgan fingerprint density at radius 3 is 2.45 bits per heavy atom. The van der Waals surface area contributed by atoms with Crippen molar-refractivity contribution in [2.45, 2.75) is 24.9 Å². The van der Waals surface area contributed by atoms with Crippen molar-refractivity contribution in [3.05, 3.63) is 54.1 Å². The van der Waals surface area contributed by atoms with Gasteiger partial charge in [-0.05, 0) is 36.2 Å². The molecule has 2 N–H and O–H groups in total. The molecule has 0 fully saturated rings. The summed E-state index contributed by atoms with van der Waals surface area (Å²) in [6, 6.07) is 9.92. The Kier molecular flexibility index (Phi) is 7.26. The minimum absolute atomic E-state index is 0.262. The van der Waals surface area contributed by atoms with Crippen molar-refractivity contribution in [2.75, 3.05) is 18.5 Å². The van der Waals surface area contributed by atoms with E-state index in [1.54, 1.807) is 24.3 Å². The van der Waals surface area contributed by atoms with Gasteiger partial charge in [0.2, 0.25) is 15.9 Å². The first-order chi connectivity index (χ1) is 13.5. The van der Waals surface area contributed by atoms with Gasteiger partial charge in [-0.1, -0.05) is 32.0 Å². The van der Waals surface area contributed by atoms with E-state index in [0.29, 0.717) is 24.1 Å². The lowest BCUT2D eigenvalue weighted by molar-refractivity contribution is -0.137. The molecule has 158 valence electrons. The number of ether oxygens (including phenoxy) is 1. The van der Waals surface area contributed by atoms with Crippen LogP contribution in [0.2, 0.25) is 0 Å². The topological polar surface area (TPSA) is 84.5 Å². The first kappa shape index (κ1) is 22.7. The van der Waals surface area contributed by atoms with E-state index in [4.69, 9.17) is 4.74 Å². The molecular weight excluding hydrogens is 409 g/mol. The van der Waals surface area contributed by atoms with Gasteiger partial charge in [-0.25, -0.2) is 13.1 Å². The van der Waals surface area contributed by atoms with Crippen LogP contribution in [0.3, 0.4) is 0 Å². The lowest BCUT2D eigenvalue weighted by Crippen LogP contribution is -2.33. The summed E-state index contributed by atoms with van der Waals surface area (Å²) in [5.41, 5.74) is -0.738. The summed E-state index contributed by atoms with van der Waals surface area (Å²) in [4.78, 5) is 11.6. The Hall–Kier alpha value is -2.59. The number of alkyl halides is 3. The standard InChI is InChI=1S/C19H21F3N2O4S/c1-13(2)12-28-17-9-4-3-8-16(17)24-18(25)11-23-29(26,27)15-7-5-6-14(10-15)19(20,21)22/h3-10,13,23H,11-12H2,1-2H3,(H,24,25). The van der Waals surface area contributed by atoms with Gasteiger partial charge < -0.3 is 10.1 Å². The average Bonchev–Trinajstić information content (AvgIpc) is 2.65. The van der Waals surface area contributed by atoms with Crippen molar-refractivity contribution in [1.82, 2.24) is 4.72 Å². The number of para-hydroxylation sites is 2. The molecule has 0 heterocycles. The summed E-state index contributed by atoms with van der Waals surface area (Å²) in [6.07, 6.45) is -4.68. The van der Waals surface area contributed by atoms with Gasteiger partial charge in [0, 0.05) is 0 Å². The van der Waals surface area contributed by atoms with Gasteiger partial charge in [-0.15, -0.1) is 0 Å². The van der Waals surface area contributed by atoms with Gasteiger partial charge in [-0.3, -0.25) is 4.79 Å². The molecule has 2 aromatic rings. The van der Waals surface area contributed by atoms with Gasteiger partial charge in [0.05, 0.1) is 29.3 Å². The van der Waals surface area contributed by atoms with Crippen LogP contribution in [0.4, 0.5) is 18.9 Å². The maximum Gasteiger partial charge on any atom is 0.416 e. The minimum Gasteiger partial charge on any atom is -0.491 e. The van der Waals surface area contributed by atoms with Crippen LogP contribution >= 0.6 is 0 Å². The second-order valence-corrected chi connectivity index (χ2v) is 8.37. The van der Waals surface area contributed by atoms with Gasteiger partial charge in [0.25, 0.3) is 0 Å². The molecule has 0 saturated heterocycles. The smallest absolute Gasteiger partial charge is 0.416 e. The number of carbonyl (C=O) groups excluding carboxylic acids is 1. The molecule has 1 amide bonds. The highest BCUT2D eigenvalue weighted by atomic mass is 32.2. The minimum atomic E-state index is -4.68. The molecule has 0 aliphatic carbocycles. The Bertz CT molecular complexity index is 960. The summed E-state index contributed by atoms with van der Waals surface area (Å²) in [5, 5.41) is 2.52. The lowest BCUT2D eigenvalue weighted by atomic mass is 10.2. The summed E-state index contributed by atoms with van der Waals surface area (Å²) in [7, 11) is -4.30. The van der Waals surface area contributed by atoms with Crippen LogP contribution in [-0.4, -0.2) is 27.5 Å². The molecule has 0 radical (unpaired) electrons. The molecular formula is C19H21F3N2O4S. The number of halogens is 3. The lowest BCUT2D eigenvalue weighted by Gasteiger charge is -2.14. The summed E-state index contributed by atoms with van der Waals surface area (Å²) < 4.78 is 70.4. The fourth-order valence-corrected chi connectivity index (χ4v) is 3.26. The van der Waals surface area contributed by atoms with Crippen molar-refractivity contribution >= 4 is 21.6 Å². The van der Waals surface area contributed by atoms with E-state index in [0.717, 1.165) is 18.2 Å². The zero-order valence-corrected chi connectivity index (χ0v) is 16.6. The summed E-state index contributed by atoms with van der Waals surface area (Å²) >= 11 is 0. The van der Waals surface area contributed by atoms with Crippen LogP contribution < -0.4 is 14.8 Å². The number of rotatable bonds is 8. The third-order valence-corrected chi connectivity index (χ3v) is 5.03. The van der Waals surface area contributed by atoms with Gasteiger partial charge in [0.1, 0.15) is 5.75 Å². The van der Waals surface area contributed by atoms with E-state index < -0.39 is 39.1 Å². The normalized spacial score (nSPS) is 12.1. The van der Waals surface area contributed by atoms with E-state index in [2.05, 4.69) is 5.32 Å². The monoisotopic (exact) mass is 430 g/mol. The zero-order valence-electron chi connectivity index (χ0n) is 15.8. The highest BCUT2D eigenvalue weighted by Gasteiger charge is 2.31. The van der Waals surface area contributed by atoms with Crippen LogP contribution in [0.15, 0.2) is 53.4 Å². The Labute approximate surface area is 167 Å². The fraction of sp³-hybridized carbons (Fsp3) is 0.316. The maximum atomic E-state index is 12.8. The highest BCUT2D eigenvalue weighted by Crippen LogP contribution is 2.30. The molecule has 0 spiro atoms. The fourth-order valence-electron chi connectivity index (χ4n) is 2.23. The highest BCUT2D eigenvalue weighted by molar-refractivity contribution is 7.89.